The zero-order valence-corrected chi connectivity index (χ0v) is 32.8. The number of likely N-dealkylation sites (N-methyl/N-ethyl adjacent to an activating group) is 2. The maximum atomic E-state index is 2.77. The number of rotatable bonds is 14. The second-order valence-electron chi connectivity index (χ2n) is 15.5. The van der Waals surface area contributed by atoms with Crippen LogP contribution in [0.2, 0.25) is 0 Å². The Bertz CT molecular complexity index is 999. The highest BCUT2D eigenvalue weighted by Gasteiger charge is 2.48. The van der Waals surface area contributed by atoms with Crippen LogP contribution < -0.4 is 48.0 Å². The van der Waals surface area contributed by atoms with Crippen molar-refractivity contribution in [2.75, 3.05) is 53.4 Å². The number of benzene rings is 2. The van der Waals surface area contributed by atoms with Gasteiger partial charge in [0, 0.05) is 38.8 Å². The molecule has 252 valence electrons. The number of fused-ring (bicyclic) bond motifs is 4. The number of piperazine rings is 2. The van der Waals surface area contributed by atoms with Gasteiger partial charge in [-0.15, -0.1) is 0 Å². The van der Waals surface area contributed by atoms with Crippen LogP contribution in [0.4, 0.5) is 0 Å². The van der Waals surface area contributed by atoms with Gasteiger partial charge in [0.05, 0.1) is 53.4 Å². The molecular weight excluding hydrogens is 778 g/mol. The zero-order chi connectivity index (χ0) is 29.5. The Morgan fingerprint density at radius 2 is 0.800 bits per heavy atom. The molecule has 0 saturated carbocycles. The topological polar surface area (TPSA) is 6.48 Å². The van der Waals surface area contributed by atoms with Gasteiger partial charge in [-0.2, -0.15) is 0 Å². The lowest BCUT2D eigenvalue weighted by molar-refractivity contribution is -0.966. The molecule has 6 heteroatoms. The third kappa shape index (κ3) is 9.46. The normalized spacial score (nSPS) is 31.5. The van der Waals surface area contributed by atoms with E-state index in [-0.39, 0.29) is 48.0 Å². The average Bonchev–Trinajstić information content (AvgIpc) is 2.99. The first kappa shape index (κ1) is 37.6. The van der Waals surface area contributed by atoms with Gasteiger partial charge >= 0.3 is 0 Å². The Morgan fingerprint density at radius 1 is 0.489 bits per heavy atom. The van der Waals surface area contributed by atoms with E-state index in [4.69, 9.17) is 0 Å². The third-order valence-corrected chi connectivity index (χ3v) is 12.6. The third-order valence-electron chi connectivity index (χ3n) is 12.6. The van der Waals surface area contributed by atoms with Gasteiger partial charge in [0.2, 0.25) is 0 Å². The molecule has 4 atom stereocenters. The van der Waals surface area contributed by atoms with Gasteiger partial charge in [0.1, 0.15) is 24.2 Å². The predicted octanol–water partition coefficient (Wildman–Crippen LogP) is 1.49. The van der Waals surface area contributed by atoms with Crippen molar-refractivity contribution in [2.24, 2.45) is 0 Å². The number of piperidine rings is 2. The molecule has 4 heterocycles. The van der Waals surface area contributed by atoms with Gasteiger partial charge in [-0.1, -0.05) is 79.9 Å². The highest BCUT2D eigenvalue weighted by atomic mass is 127. The fourth-order valence-electron chi connectivity index (χ4n) is 9.87. The lowest BCUT2D eigenvalue weighted by atomic mass is 9.87. The Balaban J connectivity index is 0.00000230. The van der Waals surface area contributed by atoms with Crippen molar-refractivity contribution >= 4 is 0 Å². The first-order valence-electron chi connectivity index (χ1n) is 18.3. The summed E-state index contributed by atoms with van der Waals surface area (Å²) in [5, 5.41) is 0. The summed E-state index contributed by atoms with van der Waals surface area (Å²) < 4.78 is 2.74. The summed E-state index contributed by atoms with van der Waals surface area (Å²) in [6.45, 7) is 10.3. The quantitative estimate of drug-likeness (QED) is 0.162. The molecule has 6 rings (SSSR count). The van der Waals surface area contributed by atoms with Gasteiger partial charge < -0.3 is 56.9 Å². The summed E-state index contributed by atoms with van der Waals surface area (Å²) in [6.07, 6.45) is 18.7. The summed E-state index contributed by atoms with van der Waals surface area (Å²) in [6, 6.07) is 25.7. The van der Waals surface area contributed by atoms with E-state index in [1.807, 2.05) is 0 Å². The van der Waals surface area contributed by atoms with Crippen LogP contribution in [0.1, 0.15) is 94.6 Å². The molecule has 4 bridgehead atoms. The van der Waals surface area contributed by atoms with Crippen LogP contribution in [0.15, 0.2) is 60.7 Å². The molecule has 4 aliphatic rings. The Morgan fingerprint density at radius 3 is 1.13 bits per heavy atom. The molecule has 0 aliphatic carbocycles. The average molecular weight is 841 g/mol. The number of likely N-dealkylation sites (tertiary alicyclic amines) is 2. The Labute approximate surface area is 310 Å². The van der Waals surface area contributed by atoms with Crippen molar-refractivity contribution in [1.29, 1.82) is 0 Å². The molecule has 0 aromatic heterocycles. The highest BCUT2D eigenvalue weighted by molar-refractivity contribution is 5.15. The summed E-state index contributed by atoms with van der Waals surface area (Å²) in [5.41, 5.74) is 2.97. The van der Waals surface area contributed by atoms with E-state index in [0.29, 0.717) is 0 Å². The van der Waals surface area contributed by atoms with Gasteiger partial charge in [-0.25, -0.2) is 0 Å². The van der Waals surface area contributed by atoms with E-state index in [2.05, 4.69) is 84.6 Å². The monoisotopic (exact) mass is 840 g/mol. The van der Waals surface area contributed by atoms with Gasteiger partial charge in [0.25, 0.3) is 0 Å². The molecule has 45 heavy (non-hydrogen) atoms. The molecular formula is C39H62I2N4. The molecule has 4 fully saturated rings. The highest BCUT2D eigenvalue weighted by Crippen LogP contribution is 2.37. The smallest absolute Gasteiger partial charge is 0.102 e. The molecule has 4 unspecified atom stereocenters. The van der Waals surface area contributed by atoms with E-state index in [1.165, 1.54) is 143 Å². The lowest BCUT2D eigenvalue weighted by Crippen LogP contribution is -3.00. The summed E-state index contributed by atoms with van der Waals surface area (Å²) in [4.78, 5) is 5.54. The first-order valence-corrected chi connectivity index (χ1v) is 18.3. The minimum absolute atomic E-state index is 0. The van der Waals surface area contributed by atoms with Gasteiger partial charge in [-0.05, 0) is 49.7 Å². The minimum atomic E-state index is 0. The van der Waals surface area contributed by atoms with Crippen LogP contribution in [-0.2, 0) is 13.1 Å². The molecule has 2 aromatic rings. The van der Waals surface area contributed by atoms with Crippen LogP contribution >= 0.6 is 0 Å². The van der Waals surface area contributed by atoms with Crippen molar-refractivity contribution in [3.8, 4) is 0 Å². The minimum Gasteiger partial charge on any atom is -1.00 e. The second kappa shape index (κ2) is 17.9. The molecule has 4 nitrogen and oxygen atoms in total. The lowest BCUT2D eigenvalue weighted by Gasteiger charge is -2.56. The van der Waals surface area contributed by atoms with Crippen LogP contribution in [0.25, 0.3) is 0 Å². The number of hydrogen-bond donors (Lipinski definition) is 0. The number of quaternary nitrogens is 2. The van der Waals surface area contributed by atoms with Crippen LogP contribution in [0.5, 0.6) is 0 Å². The standard InChI is InChI=1S/C39H62N4.2HI/c1-42(36-22-16-23-37(42)31-40(30-36)28-34-18-10-8-11-19-34)26-14-6-4-3-5-7-15-27-43(2)38-24-17-25-39(43)33-41(32-38)29-35-20-12-9-13-21-35;;/h8-13,18-21,36-39H,3-7,14-17,22-33H2,1-2H3;2*1H/q+2;;/p-2. The van der Waals surface area contributed by atoms with Crippen LogP contribution in [0, 0.1) is 0 Å². The predicted molar refractivity (Wildman–Crippen MR) is 181 cm³/mol. The van der Waals surface area contributed by atoms with Gasteiger partial charge in [0.15, 0.2) is 0 Å². The number of nitrogens with zero attached hydrogens (tertiary/aromatic N) is 4. The van der Waals surface area contributed by atoms with Gasteiger partial charge in [-0.3, -0.25) is 9.80 Å². The van der Waals surface area contributed by atoms with E-state index < -0.39 is 0 Å². The Kier molecular flexibility index (Phi) is 15.0. The van der Waals surface area contributed by atoms with Crippen molar-refractivity contribution in [3.05, 3.63) is 71.8 Å². The van der Waals surface area contributed by atoms with E-state index >= 15 is 0 Å². The van der Waals surface area contributed by atoms with E-state index in [0.717, 1.165) is 37.3 Å². The molecule has 0 spiro atoms. The molecule has 0 amide bonds. The molecule has 4 aliphatic heterocycles. The van der Waals surface area contributed by atoms with Crippen molar-refractivity contribution in [3.63, 3.8) is 0 Å². The van der Waals surface area contributed by atoms with Crippen molar-refractivity contribution < 1.29 is 56.9 Å². The van der Waals surface area contributed by atoms with E-state index in [9.17, 15) is 0 Å². The number of halogens is 2. The largest absolute Gasteiger partial charge is 1.00 e. The van der Waals surface area contributed by atoms with Crippen LogP contribution in [-0.4, -0.2) is 96.3 Å². The maximum Gasteiger partial charge on any atom is 0.102 e. The summed E-state index contributed by atoms with van der Waals surface area (Å²) >= 11 is 0. The summed E-state index contributed by atoms with van der Waals surface area (Å²) in [7, 11) is 5.24. The SMILES string of the molecule is C[N+]1(CCCCCCCCC[N+]2(C)C3CCCC2CN(Cc2ccccc2)C3)C2CCCC1CN(Cc1ccccc1)C2.[I-].[I-]. The number of unbranched alkanes of at least 4 members (excludes halogenated alkanes) is 6. The molecule has 0 N–H and O–H groups in total. The van der Waals surface area contributed by atoms with Crippen LogP contribution in [0.3, 0.4) is 0 Å². The Hall–Kier alpha value is -0.260. The second-order valence-corrected chi connectivity index (χ2v) is 15.5. The molecule has 0 radical (unpaired) electrons. The number of hydrogen-bond acceptors (Lipinski definition) is 2. The van der Waals surface area contributed by atoms with Crippen molar-refractivity contribution in [1.82, 2.24) is 9.80 Å². The molecule has 2 aromatic carbocycles. The fourth-order valence-corrected chi connectivity index (χ4v) is 9.87. The molecule has 4 saturated heterocycles. The maximum absolute atomic E-state index is 2.77. The van der Waals surface area contributed by atoms with E-state index in [1.54, 1.807) is 0 Å². The zero-order valence-electron chi connectivity index (χ0n) is 28.5. The first-order chi connectivity index (χ1) is 21.0. The van der Waals surface area contributed by atoms with Crippen molar-refractivity contribution in [2.45, 2.75) is 121 Å². The summed E-state index contributed by atoms with van der Waals surface area (Å²) in [5.74, 6) is 0. The fraction of sp³-hybridized carbons (Fsp3) is 0.692.